The van der Waals surface area contributed by atoms with Crippen LogP contribution in [0.4, 0.5) is 16.2 Å². The molecule has 0 bridgehead atoms. The molecule has 160 valence electrons. The van der Waals surface area contributed by atoms with E-state index in [1.165, 1.54) is 11.2 Å². The van der Waals surface area contributed by atoms with Crippen LogP contribution in [0.2, 0.25) is 0 Å². The van der Waals surface area contributed by atoms with Crippen molar-refractivity contribution in [2.24, 2.45) is 0 Å². The predicted molar refractivity (Wildman–Crippen MR) is 112 cm³/mol. The Morgan fingerprint density at radius 2 is 1.65 bits per heavy atom. The highest BCUT2D eigenvalue weighted by Gasteiger charge is 2.35. The first-order valence-electron chi connectivity index (χ1n) is 9.93. The monoisotopic (exact) mass is 422 g/mol. The number of likely N-dealkylation sites (tertiary alicyclic amines) is 1. The Balaban J connectivity index is 1.30. The van der Waals surface area contributed by atoms with E-state index < -0.39 is 6.04 Å². The zero-order valence-electron chi connectivity index (χ0n) is 16.7. The highest BCUT2D eigenvalue weighted by atomic mass is 16.3. The molecule has 4 rings (SSSR count). The molecular formula is C22H22N4O5. The van der Waals surface area contributed by atoms with Gasteiger partial charge in [0, 0.05) is 17.9 Å². The predicted octanol–water partition coefficient (Wildman–Crippen LogP) is 3.44. The lowest BCUT2D eigenvalue weighted by atomic mass is 10.2. The van der Waals surface area contributed by atoms with Gasteiger partial charge in [0.05, 0.1) is 19.1 Å². The number of hydrogen-bond acceptors (Lipinski definition) is 5. The maximum absolute atomic E-state index is 12.7. The second-order valence-electron chi connectivity index (χ2n) is 7.09. The summed E-state index contributed by atoms with van der Waals surface area (Å²) in [5.41, 5.74) is 1.15. The van der Waals surface area contributed by atoms with Crippen molar-refractivity contribution in [3.8, 4) is 0 Å². The fourth-order valence-corrected chi connectivity index (χ4v) is 3.44. The third-order valence-corrected chi connectivity index (χ3v) is 4.96. The molecule has 1 aliphatic rings. The van der Waals surface area contributed by atoms with E-state index in [0.717, 1.165) is 6.42 Å². The lowest BCUT2D eigenvalue weighted by Gasteiger charge is -2.23. The molecule has 0 spiro atoms. The minimum Gasteiger partial charge on any atom is -0.467 e. The van der Waals surface area contributed by atoms with Gasteiger partial charge in [0.1, 0.15) is 11.8 Å². The largest absolute Gasteiger partial charge is 0.467 e. The van der Waals surface area contributed by atoms with E-state index in [1.807, 2.05) is 0 Å². The van der Waals surface area contributed by atoms with Gasteiger partial charge in [-0.15, -0.1) is 0 Å². The minimum atomic E-state index is -0.553. The fraction of sp³-hybridized carbons (Fsp3) is 0.227. The van der Waals surface area contributed by atoms with Crippen LogP contribution in [0.3, 0.4) is 0 Å². The number of nitrogens with one attached hydrogen (secondary N) is 3. The van der Waals surface area contributed by atoms with Gasteiger partial charge in [-0.05, 0) is 61.4 Å². The summed E-state index contributed by atoms with van der Waals surface area (Å²) in [4.78, 5) is 38.8. The highest BCUT2D eigenvalue weighted by molar-refractivity contribution is 6.00. The van der Waals surface area contributed by atoms with Crippen molar-refractivity contribution < 1.29 is 23.2 Å². The van der Waals surface area contributed by atoms with E-state index in [-0.39, 0.29) is 30.2 Å². The van der Waals surface area contributed by atoms with Gasteiger partial charge in [-0.3, -0.25) is 9.59 Å². The number of hydrogen-bond donors (Lipinski definition) is 3. The summed E-state index contributed by atoms with van der Waals surface area (Å²) in [6.07, 6.45) is 4.32. The Morgan fingerprint density at radius 1 is 0.935 bits per heavy atom. The van der Waals surface area contributed by atoms with Crippen molar-refractivity contribution in [1.82, 2.24) is 10.2 Å². The molecule has 0 radical (unpaired) electrons. The molecule has 1 aliphatic heterocycles. The minimum absolute atomic E-state index is 0.223. The number of benzene rings is 1. The fourth-order valence-electron chi connectivity index (χ4n) is 3.44. The molecule has 1 saturated heterocycles. The Kier molecular flexibility index (Phi) is 6.02. The van der Waals surface area contributed by atoms with Crippen LogP contribution in [0, 0.1) is 0 Å². The number of carbonyl (C=O) groups is 3. The van der Waals surface area contributed by atoms with Crippen molar-refractivity contribution >= 4 is 29.2 Å². The summed E-state index contributed by atoms with van der Waals surface area (Å²) in [6, 6.07) is 12.6. The van der Waals surface area contributed by atoms with Crippen LogP contribution in [0.5, 0.6) is 0 Å². The standard InChI is InChI=1S/C22H22N4O5/c27-20(18-5-1-11-26(18)21(28)19-6-3-13-31-19)24-15-7-9-16(10-8-15)25-22(29)23-14-17-4-2-12-30-17/h2-4,6-10,12-13,18H,1,5,11,14H2,(H,24,27)(H2,23,25,29). The molecule has 0 aliphatic carbocycles. The van der Waals surface area contributed by atoms with Crippen molar-refractivity contribution in [2.45, 2.75) is 25.4 Å². The topological polar surface area (TPSA) is 117 Å². The smallest absolute Gasteiger partial charge is 0.319 e. The Hall–Kier alpha value is -4.01. The van der Waals surface area contributed by atoms with Crippen LogP contribution in [-0.4, -0.2) is 35.3 Å². The summed E-state index contributed by atoms with van der Waals surface area (Å²) in [6.45, 7) is 0.787. The quantitative estimate of drug-likeness (QED) is 0.563. The van der Waals surface area contributed by atoms with E-state index >= 15 is 0 Å². The normalized spacial score (nSPS) is 15.5. The van der Waals surface area contributed by atoms with Gasteiger partial charge >= 0.3 is 6.03 Å². The molecule has 3 heterocycles. The Bertz CT molecular complexity index is 1030. The van der Waals surface area contributed by atoms with Crippen LogP contribution in [0.1, 0.15) is 29.2 Å². The van der Waals surface area contributed by atoms with Gasteiger partial charge in [-0.1, -0.05) is 0 Å². The summed E-state index contributed by atoms with van der Waals surface area (Å²) in [5, 5.41) is 8.23. The molecule has 3 aromatic rings. The number of urea groups is 1. The number of furan rings is 2. The van der Waals surface area contributed by atoms with E-state index in [4.69, 9.17) is 8.83 Å². The number of carbonyl (C=O) groups excluding carboxylic acids is 3. The van der Waals surface area contributed by atoms with Gasteiger partial charge in [0.25, 0.3) is 5.91 Å². The summed E-state index contributed by atoms with van der Waals surface area (Å²) < 4.78 is 10.3. The maximum atomic E-state index is 12.7. The number of rotatable bonds is 6. The zero-order valence-corrected chi connectivity index (χ0v) is 16.7. The number of nitrogens with zero attached hydrogens (tertiary/aromatic N) is 1. The summed E-state index contributed by atoms with van der Waals surface area (Å²) in [5.74, 6) is 0.331. The first-order valence-corrected chi connectivity index (χ1v) is 9.93. The molecule has 2 aromatic heterocycles. The molecule has 1 unspecified atom stereocenters. The van der Waals surface area contributed by atoms with Gasteiger partial charge in [-0.25, -0.2) is 4.79 Å². The van der Waals surface area contributed by atoms with Crippen LogP contribution in [0.15, 0.2) is 69.9 Å². The lowest BCUT2D eigenvalue weighted by Crippen LogP contribution is -2.43. The van der Waals surface area contributed by atoms with E-state index in [0.29, 0.717) is 30.1 Å². The maximum Gasteiger partial charge on any atom is 0.319 e. The van der Waals surface area contributed by atoms with Crippen LogP contribution in [-0.2, 0) is 11.3 Å². The van der Waals surface area contributed by atoms with Gasteiger partial charge in [0.2, 0.25) is 5.91 Å². The second kappa shape index (κ2) is 9.21. The molecule has 9 heteroatoms. The average molecular weight is 422 g/mol. The Labute approximate surface area is 178 Å². The van der Waals surface area contributed by atoms with E-state index in [9.17, 15) is 14.4 Å². The molecule has 0 saturated carbocycles. The van der Waals surface area contributed by atoms with Crippen LogP contribution < -0.4 is 16.0 Å². The molecular weight excluding hydrogens is 400 g/mol. The van der Waals surface area contributed by atoms with Crippen molar-refractivity contribution in [3.05, 3.63) is 72.6 Å². The van der Waals surface area contributed by atoms with Crippen molar-refractivity contribution in [3.63, 3.8) is 0 Å². The third-order valence-electron chi connectivity index (χ3n) is 4.96. The SMILES string of the molecule is O=C(NCc1ccco1)Nc1ccc(NC(=O)C2CCCN2C(=O)c2ccco2)cc1. The highest BCUT2D eigenvalue weighted by Crippen LogP contribution is 2.22. The van der Waals surface area contributed by atoms with E-state index in [1.54, 1.807) is 54.8 Å². The van der Waals surface area contributed by atoms with Gasteiger partial charge in [-0.2, -0.15) is 0 Å². The number of anilines is 2. The Morgan fingerprint density at radius 3 is 2.32 bits per heavy atom. The first kappa shape index (κ1) is 20.3. The second-order valence-corrected chi connectivity index (χ2v) is 7.09. The van der Waals surface area contributed by atoms with Gasteiger partial charge < -0.3 is 29.7 Å². The molecule has 3 N–H and O–H groups in total. The van der Waals surface area contributed by atoms with E-state index in [2.05, 4.69) is 16.0 Å². The molecule has 1 atom stereocenters. The van der Waals surface area contributed by atoms with Crippen LogP contribution in [0.25, 0.3) is 0 Å². The van der Waals surface area contributed by atoms with Crippen molar-refractivity contribution in [2.75, 3.05) is 17.2 Å². The van der Waals surface area contributed by atoms with Gasteiger partial charge in [0.15, 0.2) is 5.76 Å². The summed E-state index contributed by atoms with van der Waals surface area (Å²) in [7, 11) is 0. The molecule has 1 fully saturated rings. The number of amides is 4. The van der Waals surface area contributed by atoms with Crippen LogP contribution >= 0.6 is 0 Å². The molecule has 4 amide bonds. The van der Waals surface area contributed by atoms with Crippen molar-refractivity contribution in [1.29, 1.82) is 0 Å². The summed E-state index contributed by atoms with van der Waals surface area (Å²) >= 11 is 0. The zero-order chi connectivity index (χ0) is 21.6. The average Bonchev–Trinajstić information content (AvgIpc) is 3.55. The first-order chi connectivity index (χ1) is 15.1. The molecule has 9 nitrogen and oxygen atoms in total. The third kappa shape index (κ3) is 4.95. The lowest BCUT2D eigenvalue weighted by molar-refractivity contribution is -0.119. The molecule has 1 aromatic carbocycles. The molecule has 31 heavy (non-hydrogen) atoms.